The molecule has 0 fully saturated rings. The third kappa shape index (κ3) is 4.82. The Labute approximate surface area is 129 Å². The van der Waals surface area contributed by atoms with Gasteiger partial charge in [0, 0.05) is 4.88 Å². The van der Waals surface area contributed by atoms with E-state index in [9.17, 15) is 9.59 Å². The zero-order valence-corrected chi connectivity index (χ0v) is 14.1. The third-order valence-electron chi connectivity index (χ3n) is 2.84. The molecule has 0 aliphatic rings. The van der Waals surface area contributed by atoms with Crippen LogP contribution in [0.25, 0.3) is 0 Å². The maximum atomic E-state index is 12.1. The van der Waals surface area contributed by atoms with E-state index in [1.54, 1.807) is 6.92 Å². The molecule has 5 nitrogen and oxygen atoms in total. The lowest BCUT2D eigenvalue weighted by Crippen LogP contribution is -2.21. The summed E-state index contributed by atoms with van der Waals surface area (Å²) >= 11 is 1.39. The summed E-state index contributed by atoms with van der Waals surface area (Å²) < 4.78 is 10.4. The number of anilines is 1. The Kier molecular flexibility index (Phi) is 6.84. The summed E-state index contributed by atoms with van der Waals surface area (Å²) in [4.78, 5) is 25.0. The van der Waals surface area contributed by atoms with Crippen molar-refractivity contribution in [1.82, 2.24) is 0 Å². The van der Waals surface area contributed by atoms with E-state index in [-0.39, 0.29) is 18.6 Å². The molecule has 1 N–H and O–H groups in total. The molecule has 0 saturated heterocycles. The number of aryl methyl sites for hydroxylation is 1. The Balaban J connectivity index is 2.95. The number of hydrogen-bond acceptors (Lipinski definition) is 5. The van der Waals surface area contributed by atoms with E-state index in [2.05, 4.69) is 5.32 Å². The van der Waals surface area contributed by atoms with Crippen molar-refractivity contribution >= 4 is 28.2 Å². The van der Waals surface area contributed by atoms with Gasteiger partial charge in [0.2, 0.25) is 0 Å². The Hall–Kier alpha value is -1.40. The minimum Gasteiger partial charge on any atom is -0.462 e. The van der Waals surface area contributed by atoms with Gasteiger partial charge in [-0.2, -0.15) is 0 Å². The van der Waals surface area contributed by atoms with Crippen molar-refractivity contribution in [3.8, 4) is 0 Å². The summed E-state index contributed by atoms with van der Waals surface area (Å²) in [5.41, 5.74) is 1.40. The molecule has 1 aromatic heterocycles. The molecule has 1 rings (SSSR count). The van der Waals surface area contributed by atoms with Crippen LogP contribution in [0, 0.1) is 6.92 Å². The van der Waals surface area contributed by atoms with Gasteiger partial charge in [-0.15, -0.1) is 11.3 Å². The lowest BCUT2D eigenvalue weighted by atomic mass is 10.1. The second-order valence-electron chi connectivity index (χ2n) is 4.82. The van der Waals surface area contributed by atoms with E-state index in [0.29, 0.717) is 17.2 Å². The first-order chi connectivity index (χ1) is 9.90. The number of carbonyl (C=O) groups is 2. The molecule has 0 atom stereocenters. The fourth-order valence-electron chi connectivity index (χ4n) is 1.92. The highest BCUT2D eigenvalue weighted by molar-refractivity contribution is 7.16. The molecule has 1 aromatic rings. The van der Waals surface area contributed by atoms with Gasteiger partial charge in [0.05, 0.1) is 18.3 Å². The van der Waals surface area contributed by atoms with E-state index in [4.69, 9.17) is 9.47 Å². The van der Waals surface area contributed by atoms with Crippen molar-refractivity contribution in [2.45, 2.75) is 47.1 Å². The number of amides is 1. The average molecular weight is 313 g/mol. The lowest BCUT2D eigenvalue weighted by Gasteiger charge is -2.09. The first-order valence-electron chi connectivity index (χ1n) is 7.11. The van der Waals surface area contributed by atoms with Gasteiger partial charge in [-0.3, -0.25) is 4.79 Å². The van der Waals surface area contributed by atoms with Crippen molar-refractivity contribution in [2.24, 2.45) is 0 Å². The van der Waals surface area contributed by atoms with Gasteiger partial charge in [0.25, 0.3) is 5.91 Å². The smallest absolute Gasteiger partial charge is 0.341 e. The number of esters is 1. The van der Waals surface area contributed by atoms with Crippen LogP contribution < -0.4 is 5.32 Å². The van der Waals surface area contributed by atoms with Gasteiger partial charge in [-0.05, 0) is 39.7 Å². The molecule has 0 saturated carbocycles. The normalized spacial score (nSPS) is 10.8. The molecule has 0 bridgehead atoms. The molecule has 0 spiro atoms. The number of nitrogens with one attached hydrogen (secondary N) is 1. The molecule has 0 radical (unpaired) electrons. The predicted octanol–water partition coefficient (Wildman–Crippen LogP) is 3.16. The van der Waals surface area contributed by atoms with Gasteiger partial charge in [-0.1, -0.05) is 6.92 Å². The van der Waals surface area contributed by atoms with E-state index in [1.165, 1.54) is 11.3 Å². The highest BCUT2D eigenvalue weighted by Crippen LogP contribution is 2.34. The second-order valence-corrected chi connectivity index (χ2v) is 6.05. The van der Waals surface area contributed by atoms with Gasteiger partial charge < -0.3 is 14.8 Å². The molecule has 1 heterocycles. The van der Waals surface area contributed by atoms with E-state index >= 15 is 0 Å². The molecule has 0 unspecified atom stereocenters. The Bertz CT molecular complexity index is 508. The summed E-state index contributed by atoms with van der Waals surface area (Å²) in [7, 11) is 0. The van der Waals surface area contributed by atoms with Gasteiger partial charge >= 0.3 is 5.97 Å². The maximum absolute atomic E-state index is 12.1. The van der Waals surface area contributed by atoms with E-state index in [0.717, 1.165) is 16.9 Å². The molecule has 0 aromatic carbocycles. The molecule has 6 heteroatoms. The summed E-state index contributed by atoms with van der Waals surface area (Å²) in [6, 6.07) is 0. The number of carbonyl (C=O) groups excluding carboxylic acids is 2. The van der Waals surface area contributed by atoms with E-state index in [1.807, 2.05) is 27.7 Å². The molecular weight excluding hydrogens is 290 g/mol. The fraction of sp³-hybridized carbons (Fsp3) is 0.600. The molecule has 0 aliphatic heterocycles. The number of thiophene rings is 1. The van der Waals surface area contributed by atoms with Crippen molar-refractivity contribution in [3.05, 3.63) is 16.0 Å². The Morgan fingerprint density at radius 2 is 1.95 bits per heavy atom. The quantitative estimate of drug-likeness (QED) is 0.785. The van der Waals surface area contributed by atoms with E-state index < -0.39 is 5.97 Å². The fourth-order valence-corrected chi connectivity index (χ4v) is 3.07. The summed E-state index contributed by atoms with van der Waals surface area (Å²) in [5, 5.41) is 3.30. The van der Waals surface area contributed by atoms with Crippen LogP contribution in [0.4, 0.5) is 5.00 Å². The van der Waals surface area contributed by atoms with Crippen molar-refractivity contribution < 1.29 is 19.1 Å². The minimum absolute atomic E-state index is 0.0171. The van der Waals surface area contributed by atoms with Crippen molar-refractivity contribution in [3.63, 3.8) is 0 Å². The van der Waals surface area contributed by atoms with Gasteiger partial charge in [-0.25, -0.2) is 4.79 Å². The zero-order chi connectivity index (χ0) is 16.0. The number of ether oxygens (including phenoxy) is 2. The van der Waals surface area contributed by atoms with Crippen LogP contribution in [-0.4, -0.2) is 31.2 Å². The van der Waals surface area contributed by atoms with Crippen LogP contribution in [0.2, 0.25) is 0 Å². The SMILES string of the molecule is CCOC(=O)c1c(NC(=O)COC(C)C)sc(C)c1CC. The monoisotopic (exact) mass is 313 g/mol. The highest BCUT2D eigenvalue weighted by Gasteiger charge is 2.23. The molecule has 118 valence electrons. The summed E-state index contributed by atoms with van der Waals surface area (Å²) in [5.74, 6) is -0.656. The average Bonchev–Trinajstić information content (AvgIpc) is 2.72. The van der Waals surface area contributed by atoms with Crippen LogP contribution in [-0.2, 0) is 20.7 Å². The standard InChI is InChI=1S/C15H23NO4S/c1-6-11-10(5)21-14(13(11)15(18)19-7-2)16-12(17)8-20-9(3)4/h9H,6-8H2,1-5H3,(H,16,17). The van der Waals surface area contributed by atoms with Crippen LogP contribution in [0.5, 0.6) is 0 Å². The topological polar surface area (TPSA) is 64.6 Å². The minimum atomic E-state index is -0.390. The number of hydrogen-bond donors (Lipinski definition) is 1. The van der Waals surface area contributed by atoms with Crippen molar-refractivity contribution in [2.75, 3.05) is 18.5 Å². The van der Waals surface area contributed by atoms with Crippen molar-refractivity contribution in [1.29, 1.82) is 0 Å². The largest absolute Gasteiger partial charge is 0.462 e. The third-order valence-corrected chi connectivity index (χ3v) is 3.91. The lowest BCUT2D eigenvalue weighted by molar-refractivity contribution is -0.121. The molecule has 1 amide bonds. The summed E-state index contributed by atoms with van der Waals surface area (Å²) in [6.45, 7) is 9.68. The first-order valence-corrected chi connectivity index (χ1v) is 7.93. The van der Waals surface area contributed by atoms with Crippen LogP contribution in [0.15, 0.2) is 0 Å². The Morgan fingerprint density at radius 1 is 1.29 bits per heavy atom. The summed E-state index contributed by atoms with van der Waals surface area (Å²) in [6.07, 6.45) is 0.700. The highest BCUT2D eigenvalue weighted by atomic mass is 32.1. The van der Waals surface area contributed by atoms with Gasteiger partial charge in [0.15, 0.2) is 0 Å². The van der Waals surface area contributed by atoms with Crippen LogP contribution >= 0.6 is 11.3 Å². The maximum Gasteiger partial charge on any atom is 0.341 e. The molecule has 0 aliphatic carbocycles. The predicted molar refractivity (Wildman–Crippen MR) is 84.1 cm³/mol. The molecule has 21 heavy (non-hydrogen) atoms. The first kappa shape index (κ1) is 17.7. The zero-order valence-electron chi connectivity index (χ0n) is 13.2. The second kappa shape index (κ2) is 8.14. The van der Waals surface area contributed by atoms with Gasteiger partial charge in [0.1, 0.15) is 11.6 Å². The van der Waals surface area contributed by atoms with Crippen LogP contribution in [0.1, 0.15) is 48.5 Å². The Morgan fingerprint density at radius 3 is 2.48 bits per heavy atom. The van der Waals surface area contributed by atoms with Crippen LogP contribution in [0.3, 0.4) is 0 Å². The molecular formula is C15H23NO4S. The number of rotatable bonds is 7.